The highest BCUT2D eigenvalue weighted by molar-refractivity contribution is 5.90. The average Bonchev–Trinajstić information content (AvgIpc) is 3.23. The molecule has 0 atom stereocenters. The summed E-state index contributed by atoms with van der Waals surface area (Å²) in [5, 5.41) is 14.7. The van der Waals surface area contributed by atoms with Crippen LogP contribution in [0.2, 0.25) is 0 Å². The lowest BCUT2D eigenvalue weighted by molar-refractivity contribution is -0.116. The molecule has 1 saturated carbocycles. The van der Waals surface area contributed by atoms with E-state index in [1.807, 2.05) is 28.9 Å². The van der Waals surface area contributed by atoms with Crippen LogP contribution in [0.4, 0.5) is 5.69 Å². The van der Waals surface area contributed by atoms with Crippen LogP contribution in [0.15, 0.2) is 24.3 Å². The molecular weight excluding hydrogens is 268 g/mol. The maximum absolute atomic E-state index is 11.6. The van der Waals surface area contributed by atoms with Crippen molar-refractivity contribution in [1.82, 2.24) is 20.2 Å². The maximum atomic E-state index is 11.6. The number of tetrazole rings is 1. The van der Waals surface area contributed by atoms with Crippen molar-refractivity contribution < 1.29 is 4.79 Å². The second kappa shape index (κ2) is 6.01. The Hall–Kier alpha value is -2.28. The normalized spacial score (nSPS) is 14.1. The lowest BCUT2D eigenvalue weighted by Crippen LogP contribution is -2.13. The monoisotopic (exact) mass is 286 g/mol. The lowest BCUT2D eigenvalue weighted by Gasteiger charge is -2.06. The van der Waals surface area contributed by atoms with Crippen LogP contribution in [0.3, 0.4) is 0 Å². The second-order valence-corrected chi connectivity index (χ2v) is 5.20. The van der Waals surface area contributed by atoms with Gasteiger partial charge < -0.3 is 11.1 Å². The molecule has 1 aromatic heterocycles. The highest BCUT2D eigenvalue weighted by Gasteiger charge is 2.28. The number of hydrogen-bond donors (Lipinski definition) is 2. The second-order valence-electron chi connectivity index (χ2n) is 5.20. The van der Waals surface area contributed by atoms with Gasteiger partial charge in [0.2, 0.25) is 5.91 Å². The minimum absolute atomic E-state index is 0.0176. The fourth-order valence-corrected chi connectivity index (χ4v) is 2.14. The lowest BCUT2D eigenvalue weighted by atomic mass is 10.2. The first kappa shape index (κ1) is 13.7. The minimum atomic E-state index is -0.0176. The molecule has 1 heterocycles. The van der Waals surface area contributed by atoms with Gasteiger partial charge in [-0.2, -0.15) is 0 Å². The van der Waals surface area contributed by atoms with E-state index in [0.29, 0.717) is 25.4 Å². The molecule has 7 heteroatoms. The van der Waals surface area contributed by atoms with Crippen molar-refractivity contribution >= 4 is 11.6 Å². The van der Waals surface area contributed by atoms with Gasteiger partial charge in [0.25, 0.3) is 0 Å². The Labute approximate surface area is 122 Å². The van der Waals surface area contributed by atoms with Gasteiger partial charge in [0.1, 0.15) is 0 Å². The van der Waals surface area contributed by atoms with Gasteiger partial charge in [-0.15, -0.1) is 5.10 Å². The number of anilines is 1. The van der Waals surface area contributed by atoms with Gasteiger partial charge in [0, 0.05) is 17.7 Å². The standard InChI is InChI=1S/C14H18N6O/c15-9-1-2-13(21)16-11-5-3-10(4-6-11)14-17-18-19-20(14)12-7-8-12/h3-6,12H,1-2,7-9,15H2,(H,16,21). The first-order valence-electron chi connectivity index (χ1n) is 7.16. The van der Waals surface area contributed by atoms with Crippen LogP contribution in [0.25, 0.3) is 11.4 Å². The molecule has 0 bridgehead atoms. The maximum Gasteiger partial charge on any atom is 0.224 e. The van der Waals surface area contributed by atoms with Crippen molar-refractivity contribution in [3.63, 3.8) is 0 Å². The molecule has 1 amide bonds. The Kier molecular flexibility index (Phi) is 3.92. The van der Waals surface area contributed by atoms with Crippen LogP contribution in [0.5, 0.6) is 0 Å². The van der Waals surface area contributed by atoms with Crippen molar-refractivity contribution in [3.8, 4) is 11.4 Å². The fourth-order valence-electron chi connectivity index (χ4n) is 2.14. The summed E-state index contributed by atoms with van der Waals surface area (Å²) in [6.07, 6.45) is 3.40. The number of rotatable bonds is 6. The zero-order chi connectivity index (χ0) is 14.7. The smallest absolute Gasteiger partial charge is 0.224 e. The van der Waals surface area contributed by atoms with Crippen molar-refractivity contribution in [2.45, 2.75) is 31.7 Å². The number of nitrogens with one attached hydrogen (secondary N) is 1. The number of carbonyl (C=O) groups is 1. The van der Waals surface area contributed by atoms with Crippen molar-refractivity contribution in [3.05, 3.63) is 24.3 Å². The molecule has 3 rings (SSSR count). The molecule has 1 aliphatic rings. The molecule has 0 saturated heterocycles. The zero-order valence-electron chi connectivity index (χ0n) is 11.7. The van der Waals surface area contributed by atoms with E-state index in [4.69, 9.17) is 5.73 Å². The van der Waals surface area contributed by atoms with Gasteiger partial charge in [-0.25, -0.2) is 4.68 Å². The van der Waals surface area contributed by atoms with Crippen LogP contribution in [-0.2, 0) is 4.79 Å². The Morgan fingerprint density at radius 1 is 1.33 bits per heavy atom. The van der Waals surface area contributed by atoms with Gasteiger partial charge in [-0.05, 0) is 60.5 Å². The summed E-state index contributed by atoms with van der Waals surface area (Å²) in [5.41, 5.74) is 7.11. The Bertz CT molecular complexity index is 617. The van der Waals surface area contributed by atoms with E-state index in [2.05, 4.69) is 20.8 Å². The summed E-state index contributed by atoms with van der Waals surface area (Å²) in [6, 6.07) is 8.00. The summed E-state index contributed by atoms with van der Waals surface area (Å²) < 4.78 is 1.87. The minimum Gasteiger partial charge on any atom is -0.330 e. The molecule has 1 aliphatic carbocycles. The summed E-state index contributed by atoms with van der Waals surface area (Å²) in [5.74, 6) is 0.759. The van der Waals surface area contributed by atoms with Crippen LogP contribution in [0, 0.1) is 0 Å². The van der Waals surface area contributed by atoms with Gasteiger partial charge in [0.15, 0.2) is 5.82 Å². The molecule has 0 aliphatic heterocycles. The molecule has 0 spiro atoms. The molecule has 3 N–H and O–H groups in total. The molecule has 1 aromatic carbocycles. The Morgan fingerprint density at radius 2 is 2.10 bits per heavy atom. The number of nitrogens with two attached hydrogens (primary N) is 1. The number of benzene rings is 1. The molecule has 110 valence electrons. The van der Waals surface area contributed by atoms with Gasteiger partial charge in [-0.1, -0.05) is 0 Å². The summed E-state index contributed by atoms with van der Waals surface area (Å²) >= 11 is 0. The highest BCUT2D eigenvalue weighted by atomic mass is 16.1. The molecule has 1 fully saturated rings. The third-order valence-corrected chi connectivity index (χ3v) is 3.42. The molecule has 0 radical (unpaired) electrons. The van der Waals surface area contributed by atoms with E-state index >= 15 is 0 Å². The SMILES string of the molecule is NCCCC(=O)Nc1ccc(-c2nnnn2C2CC2)cc1. The third kappa shape index (κ3) is 3.25. The van der Waals surface area contributed by atoms with Gasteiger partial charge >= 0.3 is 0 Å². The van der Waals surface area contributed by atoms with E-state index in [9.17, 15) is 4.79 Å². The third-order valence-electron chi connectivity index (χ3n) is 3.42. The van der Waals surface area contributed by atoms with Crippen molar-refractivity contribution in [2.75, 3.05) is 11.9 Å². The average molecular weight is 286 g/mol. The largest absolute Gasteiger partial charge is 0.330 e. The topological polar surface area (TPSA) is 98.7 Å². The summed E-state index contributed by atoms with van der Waals surface area (Å²) in [7, 11) is 0. The van der Waals surface area contributed by atoms with Crippen molar-refractivity contribution in [2.24, 2.45) is 5.73 Å². The predicted octanol–water partition coefficient (Wildman–Crippen LogP) is 1.35. The van der Waals surface area contributed by atoms with Crippen LogP contribution >= 0.6 is 0 Å². The van der Waals surface area contributed by atoms with E-state index in [1.165, 1.54) is 0 Å². The predicted molar refractivity (Wildman–Crippen MR) is 78.4 cm³/mol. The van der Waals surface area contributed by atoms with E-state index in [-0.39, 0.29) is 5.91 Å². The first-order valence-corrected chi connectivity index (χ1v) is 7.16. The number of amides is 1. The quantitative estimate of drug-likeness (QED) is 0.835. The molecule has 21 heavy (non-hydrogen) atoms. The summed E-state index contributed by atoms with van der Waals surface area (Å²) in [6.45, 7) is 0.524. The Morgan fingerprint density at radius 3 is 2.76 bits per heavy atom. The number of nitrogens with zero attached hydrogens (tertiary/aromatic N) is 4. The van der Waals surface area contributed by atoms with E-state index in [1.54, 1.807) is 0 Å². The molecule has 7 nitrogen and oxygen atoms in total. The fraction of sp³-hybridized carbons (Fsp3) is 0.429. The number of hydrogen-bond acceptors (Lipinski definition) is 5. The highest BCUT2D eigenvalue weighted by Crippen LogP contribution is 2.36. The van der Waals surface area contributed by atoms with Gasteiger partial charge in [0.05, 0.1) is 6.04 Å². The van der Waals surface area contributed by atoms with E-state index < -0.39 is 0 Å². The Balaban J connectivity index is 1.69. The van der Waals surface area contributed by atoms with E-state index in [0.717, 1.165) is 29.9 Å². The van der Waals surface area contributed by atoms with Crippen LogP contribution < -0.4 is 11.1 Å². The van der Waals surface area contributed by atoms with Crippen LogP contribution in [0.1, 0.15) is 31.7 Å². The summed E-state index contributed by atoms with van der Waals surface area (Å²) in [4.78, 5) is 11.6. The molecular formula is C14H18N6O. The molecule has 0 unspecified atom stereocenters. The van der Waals surface area contributed by atoms with Crippen molar-refractivity contribution in [1.29, 1.82) is 0 Å². The number of aromatic nitrogens is 4. The van der Waals surface area contributed by atoms with Gasteiger partial charge in [-0.3, -0.25) is 4.79 Å². The molecule has 2 aromatic rings. The number of carbonyl (C=O) groups excluding carboxylic acids is 1. The zero-order valence-corrected chi connectivity index (χ0v) is 11.7. The first-order chi connectivity index (χ1) is 10.3. The van der Waals surface area contributed by atoms with Crippen LogP contribution in [-0.4, -0.2) is 32.7 Å².